The van der Waals surface area contributed by atoms with Crippen LogP contribution in [0.25, 0.3) is 0 Å². The molecule has 2 rings (SSSR count). The van der Waals surface area contributed by atoms with Crippen molar-refractivity contribution in [3.05, 3.63) is 65.5 Å². The molecule has 0 radical (unpaired) electrons. The number of carbonyl (C=O) groups is 2. The molecule has 0 aliphatic heterocycles. The lowest BCUT2D eigenvalue weighted by Crippen LogP contribution is -2.30. The van der Waals surface area contributed by atoms with E-state index in [1.807, 2.05) is 13.8 Å². The van der Waals surface area contributed by atoms with Crippen molar-refractivity contribution in [2.24, 2.45) is 0 Å². The third-order valence-corrected chi connectivity index (χ3v) is 3.69. The fraction of sp³-hybridized carbons (Fsp3) is 0.333. The lowest BCUT2D eigenvalue weighted by Gasteiger charge is -2.09. The largest absolute Gasteiger partial charge is 0.484 e. The molecule has 144 valence electrons. The monoisotopic (exact) mass is 373 g/mol. The third-order valence-electron chi connectivity index (χ3n) is 3.69. The molecule has 0 aliphatic rings. The third kappa shape index (κ3) is 7.19. The highest BCUT2D eigenvalue weighted by Crippen LogP contribution is 2.16. The van der Waals surface area contributed by atoms with E-state index in [9.17, 15) is 14.0 Å². The Morgan fingerprint density at radius 1 is 1.00 bits per heavy atom. The summed E-state index contributed by atoms with van der Waals surface area (Å²) in [6.07, 6.45) is 0.923. The molecule has 0 fully saturated rings. The van der Waals surface area contributed by atoms with E-state index in [1.54, 1.807) is 24.3 Å². The van der Waals surface area contributed by atoms with Gasteiger partial charge in [0.25, 0.3) is 5.91 Å². The molecule has 5 nitrogen and oxygen atoms in total. The summed E-state index contributed by atoms with van der Waals surface area (Å²) in [6.45, 7) is 4.95. The van der Waals surface area contributed by atoms with Gasteiger partial charge in [-0.05, 0) is 68.8 Å². The number of hydrogen-bond acceptors (Lipinski definition) is 4. The van der Waals surface area contributed by atoms with Gasteiger partial charge in [0, 0.05) is 24.3 Å². The zero-order chi connectivity index (χ0) is 19.6. The summed E-state index contributed by atoms with van der Waals surface area (Å²) in [5.41, 5.74) is 0.870. The Morgan fingerprint density at radius 3 is 2.19 bits per heavy atom. The van der Waals surface area contributed by atoms with Crippen molar-refractivity contribution in [2.45, 2.75) is 26.4 Å². The molecule has 0 saturated carbocycles. The van der Waals surface area contributed by atoms with Crippen LogP contribution >= 0.6 is 0 Å². The first-order valence-corrected chi connectivity index (χ1v) is 8.87. The number of nitrogens with one attached hydrogen (secondary N) is 1. The van der Waals surface area contributed by atoms with Crippen molar-refractivity contribution < 1.29 is 23.5 Å². The molecule has 0 heterocycles. The van der Waals surface area contributed by atoms with Gasteiger partial charge in [-0.3, -0.25) is 9.59 Å². The predicted octanol–water partition coefficient (Wildman–Crippen LogP) is 3.37. The van der Waals surface area contributed by atoms with Crippen LogP contribution in [0.4, 0.5) is 4.39 Å². The molecule has 0 spiro atoms. The number of carbonyl (C=O) groups excluding carboxylic acids is 2. The van der Waals surface area contributed by atoms with E-state index in [4.69, 9.17) is 9.47 Å². The van der Waals surface area contributed by atoms with Gasteiger partial charge < -0.3 is 14.8 Å². The Balaban J connectivity index is 1.76. The summed E-state index contributed by atoms with van der Waals surface area (Å²) in [5, 5.41) is 2.75. The Bertz CT molecular complexity index is 742. The minimum absolute atomic E-state index is 0.101. The fourth-order valence-corrected chi connectivity index (χ4v) is 2.29. The maximum absolute atomic E-state index is 12.9. The summed E-state index contributed by atoms with van der Waals surface area (Å²) in [6, 6.07) is 11.9. The summed E-state index contributed by atoms with van der Waals surface area (Å²) >= 11 is 0. The van der Waals surface area contributed by atoms with Crippen LogP contribution in [-0.4, -0.2) is 37.6 Å². The fourth-order valence-electron chi connectivity index (χ4n) is 2.29. The molecule has 1 amide bonds. The van der Waals surface area contributed by atoms with Gasteiger partial charge in [-0.25, -0.2) is 4.39 Å². The molecule has 0 saturated heterocycles. The first-order chi connectivity index (χ1) is 13.0. The van der Waals surface area contributed by atoms with Crippen LogP contribution < -0.4 is 10.1 Å². The Kier molecular flexibility index (Phi) is 7.95. The maximum atomic E-state index is 12.9. The summed E-state index contributed by atoms with van der Waals surface area (Å²) in [5.74, 6) is -0.320. The quantitative estimate of drug-likeness (QED) is 0.512. The molecule has 0 atom stereocenters. The minimum atomic E-state index is -0.388. The second-order valence-corrected chi connectivity index (χ2v) is 6.27. The highest BCUT2D eigenvalue weighted by atomic mass is 19.1. The maximum Gasteiger partial charge on any atom is 0.257 e. The molecular weight excluding hydrogens is 349 g/mol. The van der Waals surface area contributed by atoms with Gasteiger partial charge in [0.2, 0.25) is 0 Å². The number of ketones is 1. The van der Waals surface area contributed by atoms with Crippen molar-refractivity contribution in [1.29, 1.82) is 0 Å². The van der Waals surface area contributed by atoms with Crippen LogP contribution in [0.1, 0.15) is 36.2 Å². The SMILES string of the molecule is CC(C)OCCCNC(=O)COc1ccc(C(=O)c2ccc(F)cc2)cc1. The first-order valence-electron chi connectivity index (χ1n) is 8.87. The standard InChI is InChI=1S/C21H24FNO4/c1-15(2)26-13-3-12-23-20(24)14-27-19-10-6-17(7-11-19)21(25)16-4-8-18(22)9-5-16/h4-11,15H,3,12-14H2,1-2H3,(H,23,24). The van der Waals surface area contributed by atoms with Gasteiger partial charge in [0.1, 0.15) is 11.6 Å². The number of amides is 1. The van der Waals surface area contributed by atoms with E-state index in [2.05, 4.69) is 5.32 Å². The highest BCUT2D eigenvalue weighted by molar-refractivity contribution is 6.09. The van der Waals surface area contributed by atoms with Crippen LogP contribution in [0.15, 0.2) is 48.5 Å². The summed E-state index contributed by atoms with van der Waals surface area (Å²) in [4.78, 5) is 24.1. The minimum Gasteiger partial charge on any atom is -0.484 e. The van der Waals surface area contributed by atoms with Crippen LogP contribution in [0.5, 0.6) is 5.75 Å². The van der Waals surface area contributed by atoms with Gasteiger partial charge in [-0.2, -0.15) is 0 Å². The van der Waals surface area contributed by atoms with Crippen LogP contribution in [0.3, 0.4) is 0 Å². The van der Waals surface area contributed by atoms with Crippen LogP contribution in [0, 0.1) is 5.82 Å². The lowest BCUT2D eigenvalue weighted by molar-refractivity contribution is -0.123. The van der Waals surface area contributed by atoms with Crippen LogP contribution in [-0.2, 0) is 9.53 Å². The molecule has 2 aromatic carbocycles. The normalized spacial score (nSPS) is 10.7. The van der Waals surface area contributed by atoms with Gasteiger partial charge in [0.05, 0.1) is 6.10 Å². The molecule has 27 heavy (non-hydrogen) atoms. The number of rotatable bonds is 10. The van der Waals surface area contributed by atoms with Crippen molar-refractivity contribution in [2.75, 3.05) is 19.8 Å². The molecular formula is C21H24FNO4. The molecule has 0 aliphatic carbocycles. The van der Waals surface area contributed by atoms with E-state index in [-0.39, 0.29) is 30.2 Å². The summed E-state index contributed by atoms with van der Waals surface area (Å²) < 4.78 is 23.7. The zero-order valence-corrected chi connectivity index (χ0v) is 15.5. The predicted molar refractivity (Wildman–Crippen MR) is 100 cm³/mol. The van der Waals surface area contributed by atoms with Crippen molar-refractivity contribution in [3.63, 3.8) is 0 Å². The van der Waals surface area contributed by atoms with E-state index in [0.29, 0.717) is 30.0 Å². The molecule has 0 aromatic heterocycles. The number of hydrogen-bond donors (Lipinski definition) is 1. The van der Waals surface area contributed by atoms with Crippen molar-refractivity contribution in [3.8, 4) is 5.75 Å². The lowest BCUT2D eigenvalue weighted by atomic mass is 10.0. The molecule has 2 aromatic rings. The first kappa shape index (κ1) is 20.6. The van der Waals surface area contributed by atoms with Crippen LogP contribution in [0.2, 0.25) is 0 Å². The molecule has 0 unspecified atom stereocenters. The second-order valence-electron chi connectivity index (χ2n) is 6.27. The molecule has 1 N–H and O–H groups in total. The molecule has 6 heteroatoms. The van der Waals surface area contributed by atoms with E-state index < -0.39 is 0 Å². The Morgan fingerprint density at radius 2 is 1.59 bits per heavy atom. The highest BCUT2D eigenvalue weighted by Gasteiger charge is 2.09. The van der Waals surface area contributed by atoms with Crippen molar-refractivity contribution in [1.82, 2.24) is 5.32 Å². The number of benzene rings is 2. The average molecular weight is 373 g/mol. The number of halogens is 1. The van der Waals surface area contributed by atoms with E-state index in [1.165, 1.54) is 24.3 Å². The van der Waals surface area contributed by atoms with Gasteiger partial charge in [-0.15, -0.1) is 0 Å². The number of ether oxygens (including phenoxy) is 2. The molecule has 0 bridgehead atoms. The Labute approximate surface area is 158 Å². The zero-order valence-electron chi connectivity index (χ0n) is 15.5. The van der Waals surface area contributed by atoms with Crippen molar-refractivity contribution >= 4 is 11.7 Å². The van der Waals surface area contributed by atoms with E-state index in [0.717, 1.165) is 6.42 Å². The summed E-state index contributed by atoms with van der Waals surface area (Å²) in [7, 11) is 0. The van der Waals surface area contributed by atoms with E-state index >= 15 is 0 Å². The second kappa shape index (κ2) is 10.4. The van der Waals surface area contributed by atoms with Gasteiger partial charge in [0.15, 0.2) is 12.4 Å². The van der Waals surface area contributed by atoms with Gasteiger partial charge in [-0.1, -0.05) is 0 Å². The topological polar surface area (TPSA) is 64.6 Å². The Hall–Kier alpha value is -2.73. The van der Waals surface area contributed by atoms with Gasteiger partial charge >= 0.3 is 0 Å². The smallest absolute Gasteiger partial charge is 0.257 e. The average Bonchev–Trinajstić information content (AvgIpc) is 2.66.